The number of nitrogens with one attached hydrogen (secondary N) is 2. The van der Waals surface area contributed by atoms with Crippen molar-refractivity contribution in [2.45, 2.75) is 24.9 Å². The van der Waals surface area contributed by atoms with Crippen LogP contribution >= 0.6 is 0 Å². The van der Waals surface area contributed by atoms with Gasteiger partial charge in [0.05, 0.1) is 0 Å². The van der Waals surface area contributed by atoms with Crippen LogP contribution in [-0.4, -0.2) is 50.9 Å². The molecular weight excluding hydrogens is 292 g/mol. The fourth-order valence-electron chi connectivity index (χ4n) is 3.33. The van der Waals surface area contributed by atoms with E-state index < -0.39 is 0 Å². The number of aryl methyl sites for hydroxylation is 1. The predicted molar refractivity (Wildman–Crippen MR) is 87.0 cm³/mol. The van der Waals surface area contributed by atoms with E-state index in [-0.39, 0.29) is 6.03 Å². The van der Waals surface area contributed by atoms with Gasteiger partial charge in [-0.1, -0.05) is 0 Å². The highest BCUT2D eigenvalue weighted by atomic mass is 16.2. The lowest BCUT2D eigenvalue weighted by Gasteiger charge is -2.45. The number of nitrogens with zero attached hydrogens (tertiary/aromatic N) is 4. The number of carbonyl (C=O) groups is 1. The highest BCUT2D eigenvalue weighted by Crippen LogP contribution is 2.23. The second-order valence-corrected chi connectivity index (χ2v) is 6.24. The molecule has 0 saturated carbocycles. The molecule has 1 aromatic heterocycles. The maximum atomic E-state index is 12.5. The Bertz CT molecular complexity index is 702. The lowest BCUT2D eigenvalue weighted by molar-refractivity contribution is 0.106. The van der Waals surface area contributed by atoms with E-state index in [1.54, 1.807) is 11.0 Å². The second-order valence-electron chi connectivity index (χ2n) is 6.24. The Kier molecular flexibility index (Phi) is 3.49. The molecule has 7 nitrogen and oxygen atoms in total. The minimum absolute atomic E-state index is 0.00934. The third kappa shape index (κ3) is 2.79. The number of rotatable bonds is 2. The van der Waals surface area contributed by atoms with E-state index in [1.807, 2.05) is 36.2 Å². The van der Waals surface area contributed by atoms with Crippen LogP contribution in [0.4, 0.5) is 10.5 Å². The Labute approximate surface area is 134 Å². The molecule has 5 rings (SSSR count). The number of hydrogen-bond acceptors (Lipinski definition) is 4. The van der Waals surface area contributed by atoms with Gasteiger partial charge in [0.15, 0.2) is 5.82 Å². The van der Waals surface area contributed by atoms with Gasteiger partial charge in [0.1, 0.15) is 6.33 Å². The summed E-state index contributed by atoms with van der Waals surface area (Å²) in [5, 5.41) is 10.7. The Morgan fingerprint density at radius 2 is 2.13 bits per heavy atom. The predicted octanol–water partition coefficient (Wildman–Crippen LogP) is 1.45. The van der Waals surface area contributed by atoms with Crippen LogP contribution in [0.15, 0.2) is 30.6 Å². The third-order valence-corrected chi connectivity index (χ3v) is 4.60. The van der Waals surface area contributed by atoms with Gasteiger partial charge < -0.3 is 15.5 Å². The Balaban J connectivity index is 1.43. The molecule has 4 heterocycles. The lowest BCUT2D eigenvalue weighted by Crippen LogP contribution is -2.63. The van der Waals surface area contributed by atoms with Crippen LogP contribution in [0.5, 0.6) is 0 Å². The second kappa shape index (κ2) is 5.66. The van der Waals surface area contributed by atoms with Crippen LogP contribution in [0.2, 0.25) is 0 Å². The number of fused-ring (bicyclic) bond motifs is 3. The van der Waals surface area contributed by atoms with Gasteiger partial charge in [-0.15, -0.1) is 0 Å². The maximum absolute atomic E-state index is 12.5. The van der Waals surface area contributed by atoms with Crippen molar-refractivity contribution in [3.8, 4) is 11.4 Å². The Morgan fingerprint density at radius 1 is 1.30 bits per heavy atom. The van der Waals surface area contributed by atoms with Gasteiger partial charge in [-0.25, -0.2) is 9.78 Å². The number of piperazine rings is 1. The molecule has 2 aromatic rings. The van der Waals surface area contributed by atoms with Crippen molar-refractivity contribution in [2.75, 3.05) is 18.4 Å². The van der Waals surface area contributed by atoms with Gasteiger partial charge in [0.25, 0.3) is 0 Å². The average molecular weight is 312 g/mol. The van der Waals surface area contributed by atoms with Crippen molar-refractivity contribution in [3.63, 3.8) is 0 Å². The van der Waals surface area contributed by atoms with Gasteiger partial charge in [-0.2, -0.15) is 5.10 Å². The molecule has 3 aliphatic heterocycles. The van der Waals surface area contributed by atoms with Crippen LogP contribution in [0, 0.1) is 0 Å². The molecule has 1 aromatic carbocycles. The van der Waals surface area contributed by atoms with Crippen LogP contribution in [0.25, 0.3) is 11.4 Å². The first-order valence-corrected chi connectivity index (χ1v) is 7.96. The fraction of sp³-hybridized carbons (Fsp3) is 0.438. The molecule has 23 heavy (non-hydrogen) atoms. The van der Waals surface area contributed by atoms with Gasteiger partial charge in [0.2, 0.25) is 0 Å². The minimum atomic E-state index is -0.00934. The summed E-state index contributed by atoms with van der Waals surface area (Å²) in [6.07, 6.45) is 3.93. The smallest absolute Gasteiger partial charge is 0.319 e. The zero-order valence-electron chi connectivity index (χ0n) is 13.1. The van der Waals surface area contributed by atoms with Crippen LogP contribution in [-0.2, 0) is 7.05 Å². The number of carbonyl (C=O) groups excluding carboxylic acids is 1. The number of aromatic nitrogens is 3. The molecule has 2 N–H and O–H groups in total. The molecule has 120 valence electrons. The molecule has 0 spiro atoms. The van der Waals surface area contributed by atoms with Crippen molar-refractivity contribution in [2.24, 2.45) is 7.05 Å². The van der Waals surface area contributed by atoms with Crippen LogP contribution in [0.3, 0.4) is 0 Å². The van der Waals surface area contributed by atoms with Gasteiger partial charge >= 0.3 is 6.03 Å². The van der Waals surface area contributed by atoms with E-state index in [1.165, 1.54) is 6.42 Å². The third-order valence-electron chi connectivity index (χ3n) is 4.60. The molecular formula is C16H20N6O. The molecule has 3 fully saturated rings. The normalized spacial score (nSPS) is 23.1. The van der Waals surface area contributed by atoms with E-state index in [2.05, 4.69) is 20.7 Å². The number of piperidine rings is 2. The van der Waals surface area contributed by atoms with Gasteiger partial charge in [-0.3, -0.25) is 4.68 Å². The summed E-state index contributed by atoms with van der Waals surface area (Å²) < 4.78 is 1.67. The van der Waals surface area contributed by atoms with Crippen LogP contribution < -0.4 is 10.6 Å². The molecule has 2 unspecified atom stereocenters. The van der Waals surface area contributed by atoms with Crippen molar-refractivity contribution in [1.29, 1.82) is 0 Å². The van der Waals surface area contributed by atoms with Gasteiger partial charge in [0, 0.05) is 43.5 Å². The molecule has 3 aliphatic rings. The monoisotopic (exact) mass is 312 g/mol. The largest absolute Gasteiger partial charge is 0.322 e. The summed E-state index contributed by atoms with van der Waals surface area (Å²) in [5.41, 5.74) is 1.73. The van der Waals surface area contributed by atoms with Crippen molar-refractivity contribution >= 4 is 11.7 Å². The standard InChI is InChI=1S/C16H20N6O/c1-21-10-18-15(20-21)11-2-4-12(5-3-11)19-16(23)22-9-13-6-7-14(22)8-17-13/h2-5,10,13-14,17H,6-9H2,1H3,(H,19,23). The highest BCUT2D eigenvalue weighted by Gasteiger charge is 2.36. The zero-order valence-corrected chi connectivity index (χ0v) is 13.1. The molecule has 0 radical (unpaired) electrons. The summed E-state index contributed by atoms with van der Waals surface area (Å²) in [6, 6.07) is 8.39. The quantitative estimate of drug-likeness (QED) is 0.880. The molecule has 3 saturated heterocycles. The zero-order chi connectivity index (χ0) is 15.8. The fourth-order valence-corrected chi connectivity index (χ4v) is 3.33. The molecule has 2 amide bonds. The molecule has 0 aliphatic carbocycles. The van der Waals surface area contributed by atoms with Gasteiger partial charge in [-0.05, 0) is 37.1 Å². The highest BCUT2D eigenvalue weighted by molar-refractivity contribution is 5.90. The molecule has 7 heteroatoms. The Hall–Kier alpha value is -2.41. The first kappa shape index (κ1) is 14.2. The lowest BCUT2D eigenvalue weighted by atomic mass is 9.93. The first-order chi connectivity index (χ1) is 11.2. The van der Waals surface area contributed by atoms with E-state index in [4.69, 9.17) is 0 Å². The average Bonchev–Trinajstić information content (AvgIpc) is 3.03. The minimum Gasteiger partial charge on any atom is -0.319 e. The number of amides is 2. The number of hydrogen-bond donors (Lipinski definition) is 2. The Morgan fingerprint density at radius 3 is 2.70 bits per heavy atom. The van der Waals surface area contributed by atoms with E-state index >= 15 is 0 Å². The number of anilines is 1. The molecule has 2 bridgehead atoms. The van der Waals surface area contributed by atoms with Crippen molar-refractivity contribution in [1.82, 2.24) is 25.0 Å². The molecule has 2 atom stereocenters. The number of urea groups is 1. The summed E-state index contributed by atoms with van der Waals surface area (Å²) in [4.78, 5) is 18.7. The van der Waals surface area contributed by atoms with Crippen molar-refractivity contribution in [3.05, 3.63) is 30.6 Å². The van der Waals surface area contributed by atoms with E-state index in [9.17, 15) is 4.79 Å². The first-order valence-electron chi connectivity index (χ1n) is 7.96. The summed E-state index contributed by atoms with van der Waals surface area (Å²) in [6.45, 7) is 1.70. The maximum Gasteiger partial charge on any atom is 0.322 e. The SMILES string of the molecule is Cn1cnc(-c2ccc(NC(=O)N3CC4CCC3CN4)cc2)n1. The summed E-state index contributed by atoms with van der Waals surface area (Å²) in [5.74, 6) is 0.685. The summed E-state index contributed by atoms with van der Waals surface area (Å²) in [7, 11) is 1.84. The topological polar surface area (TPSA) is 75.1 Å². The number of benzene rings is 1. The van der Waals surface area contributed by atoms with Crippen molar-refractivity contribution < 1.29 is 4.79 Å². The summed E-state index contributed by atoms with van der Waals surface area (Å²) >= 11 is 0. The van der Waals surface area contributed by atoms with E-state index in [0.29, 0.717) is 17.9 Å². The van der Waals surface area contributed by atoms with E-state index in [0.717, 1.165) is 30.8 Å². The van der Waals surface area contributed by atoms with Crippen LogP contribution in [0.1, 0.15) is 12.8 Å².